The number of carboxylic acids is 1. The third-order valence-corrected chi connectivity index (χ3v) is 4.84. The van der Waals surface area contributed by atoms with Crippen LogP contribution < -0.4 is 5.32 Å². The van der Waals surface area contributed by atoms with Gasteiger partial charge in [0.25, 0.3) is 0 Å². The van der Waals surface area contributed by atoms with Gasteiger partial charge in [-0.05, 0) is 54.7 Å². The van der Waals surface area contributed by atoms with Gasteiger partial charge >= 0.3 is 5.97 Å². The minimum absolute atomic E-state index is 0.0230. The van der Waals surface area contributed by atoms with E-state index in [1.165, 1.54) is 0 Å². The van der Waals surface area contributed by atoms with E-state index < -0.39 is 5.97 Å². The summed E-state index contributed by atoms with van der Waals surface area (Å²) in [6.07, 6.45) is 2.91. The molecule has 2 N–H and O–H groups in total. The van der Waals surface area contributed by atoms with Crippen molar-refractivity contribution in [1.29, 1.82) is 0 Å². The molecule has 1 amide bonds. The zero-order valence-corrected chi connectivity index (χ0v) is 14.7. The third kappa shape index (κ3) is 3.85. The summed E-state index contributed by atoms with van der Waals surface area (Å²) in [7, 11) is 0. The van der Waals surface area contributed by atoms with E-state index in [2.05, 4.69) is 27.3 Å². The second-order valence-corrected chi connectivity index (χ2v) is 7.06. The van der Waals surface area contributed by atoms with E-state index in [4.69, 9.17) is 5.11 Å². The summed E-state index contributed by atoms with van der Waals surface area (Å²) in [5.74, 6) is -0.918. The molecule has 124 valence electrons. The van der Waals surface area contributed by atoms with Gasteiger partial charge in [-0.15, -0.1) is 0 Å². The predicted molar refractivity (Wildman–Crippen MR) is 94.9 cm³/mol. The second-order valence-electron chi connectivity index (χ2n) is 6.14. The summed E-state index contributed by atoms with van der Waals surface area (Å²) in [6, 6.07) is 14.7. The van der Waals surface area contributed by atoms with E-state index >= 15 is 0 Å². The van der Waals surface area contributed by atoms with Gasteiger partial charge in [-0.1, -0.05) is 40.2 Å². The fourth-order valence-electron chi connectivity index (χ4n) is 2.80. The molecule has 24 heavy (non-hydrogen) atoms. The van der Waals surface area contributed by atoms with Crippen LogP contribution in [0.15, 0.2) is 53.0 Å². The molecule has 3 rings (SSSR count). The first-order chi connectivity index (χ1) is 11.5. The molecule has 0 aliphatic heterocycles. The standard InChI is InChI=1S/C19H18BrNO3/c20-16-3-1-2-15(12-16)19(10-11-19)21-17(22)9-6-13-4-7-14(8-5-13)18(23)24/h1-5,7-8,12H,6,9-11H2,(H,21,22)(H,23,24). The highest BCUT2D eigenvalue weighted by Gasteiger charge is 2.45. The fraction of sp³-hybridized carbons (Fsp3) is 0.263. The van der Waals surface area contributed by atoms with Crippen LogP contribution in [0.25, 0.3) is 0 Å². The Kier molecular flexibility index (Phi) is 4.71. The van der Waals surface area contributed by atoms with Crippen LogP contribution in [0, 0.1) is 0 Å². The minimum Gasteiger partial charge on any atom is -0.478 e. The zero-order chi connectivity index (χ0) is 17.2. The molecule has 0 heterocycles. The van der Waals surface area contributed by atoms with Gasteiger partial charge in [0.2, 0.25) is 5.91 Å². The lowest BCUT2D eigenvalue weighted by Crippen LogP contribution is -2.34. The number of hydrogen-bond acceptors (Lipinski definition) is 2. The molecule has 0 radical (unpaired) electrons. The summed E-state index contributed by atoms with van der Waals surface area (Å²) in [5, 5.41) is 12.0. The normalized spacial score (nSPS) is 14.9. The summed E-state index contributed by atoms with van der Waals surface area (Å²) in [5.41, 5.74) is 2.14. The van der Waals surface area contributed by atoms with E-state index in [-0.39, 0.29) is 17.0 Å². The Balaban J connectivity index is 1.57. The Labute approximate surface area is 149 Å². The second kappa shape index (κ2) is 6.77. The molecule has 2 aromatic rings. The number of carbonyl (C=O) groups excluding carboxylic acids is 1. The SMILES string of the molecule is O=C(CCc1ccc(C(=O)O)cc1)NC1(c2cccc(Br)c2)CC1. The van der Waals surface area contributed by atoms with Crippen LogP contribution in [0.1, 0.15) is 40.7 Å². The molecule has 5 heteroatoms. The van der Waals surface area contributed by atoms with E-state index in [0.717, 1.165) is 28.4 Å². The van der Waals surface area contributed by atoms with Gasteiger partial charge in [0.05, 0.1) is 11.1 Å². The van der Waals surface area contributed by atoms with E-state index in [1.807, 2.05) is 18.2 Å². The van der Waals surface area contributed by atoms with Crippen LogP contribution in [0.2, 0.25) is 0 Å². The molecule has 1 fully saturated rings. The number of aryl methyl sites for hydroxylation is 1. The molecule has 0 unspecified atom stereocenters. The maximum Gasteiger partial charge on any atom is 0.335 e. The van der Waals surface area contributed by atoms with Gasteiger partial charge in [-0.25, -0.2) is 4.79 Å². The molecule has 0 saturated heterocycles. The number of benzene rings is 2. The van der Waals surface area contributed by atoms with E-state index in [1.54, 1.807) is 24.3 Å². The first kappa shape index (κ1) is 16.7. The molecule has 2 aromatic carbocycles. The smallest absolute Gasteiger partial charge is 0.335 e. The van der Waals surface area contributed by atoms with Crippen LogP contribution in [-0.2, 0) is 16.8 Å². The number of nitrogens with one attached hydrogen (secondary N) is 1. The maximum atomic E-state index is 12.3. The largest absolute Gasteiger partial charge is 0.478 e. The van der Waals surface area contributed by atoms with Crippen molar-refractivity contribution in [2.75, 3.05) is 0 Å². The number of amides is 1. The average Bonchev–Trinajstić information content (AvgIpc) is 3.34. The molecule has 0 bridgehead atoms. The van der Waals surface area contributed by atoms with Crippen LogP contribution in [0.5, 0.6) is 0 Å². The molecule has 0 aromatic heterocycles. The predicted octanol–water partition coefficient (Wildman–Crippen LogP) is 3.89. The van der Waals surface area contributed by atoms with E-state index in [9.17, 15) is 9.59 Å². The number of carbonyl (C=O) groups is 2. The first-order valence-electron chi connectivity index (χ1n) is 7.88. The van der Waals surface area contributed by atoms with E-state index in [0.29, 0.717) is 12.8 Å². The van der Waals surface area contributed by atoms with Gasteiger partial charge in [-0.2, -0.15) is 0 Å². The monoisotopic (exact) mass is 387 g/mol. The van der Waals surface area contributed by atoms with Crippen LogP contribution in [0.4, 0.5) is 0 Å². The van der Waals surface area contributed by atoms with Crippen molar-refractivity contribution in [2.45, 2.75) is 31.2 Å². The minimum atomic E-state index is -0.941. The summed E-state index contributed by atoms with van der Waals surface area (Å²) in [4.78, 5) is 23.1. The van der Waals surface area contributed by atoms with Crippen LogP contribution >= 0.6 is 15.9 Å². The number of halogens is 1. The van der Waals surface area contributed by atoms with Crippen molar-refractivity contribution < 1.29 is 14.7 Å². The Hall–Kier alpha value is -2.14. The Morgan fingerprint density at radius 1 is 1.12 bits per heavy atom. The maximum absolute atomic E-state index is 12.3. The molecular weight excluding hydrogens is 370 g/mol. The molecule has 0 atom stereocenters. The number of carboxylic acid groups (broad SMARTS) is 1. The van der Waals surface area contributed by atoms with Crippen molar-refractivity contribution in [3.63, 3.8) is 0 Å². The van der Waals surface area contributed by atoms with Crippen LogP contribution in [0.3, 0.4) is 0 Å². The molecule has 1 aliphatic rings. The van der Waals surface area contributed by atoms with Crippen molar-refractivity contribution in [2.24, 2.45) is 0 Å². The zero-order valence-electron chi connectivity index (χ0n) is 13.1. The van der Waals surface area contributed by atoms with Gasteiger partial charge in [-0.3, -0.25) is 4.79 Å². The summed E-state index contributed by atoms with van der Waals surface area (Å²) in [6.45, 7) is 0. The highest BCUT2D eigenvalue weighted by Crippen LogP contribution is 2.46. The molecule has 1 aliphatic carbocycles. The lowest BCUT2D eigenvalue weighted by molar-refractivity contribution is -0.122. The Morgan fingerprint density at radius 2 is 1.83 bits per heavy atom. The number of hydrogen-bond donors (Lipinski definition) is 2. The third-order valence-electron chi connectivity index (χ3n) is 4.35. The van der Waals surface area contributed by atoms with Gasteiger partial charge in [0.1, 0.15) is 0 Å². The summed E-state index contributed by atoms with van der Waals surface area (Å²) < 4.78 is 1.01. The van der Waals surface area contributed by atoms with Crippen LogP contribution in [-0.4, -0.2) is 17.0 Å². The Bertz CT molecular complexity index is 766. The number of aromatic carboxylic acids is 1. The first-order valence-corrected chi connectivity index (χ1v) is 8.67. The number of rotatable bonds is 6. The average molecular weight is 388 g/mol. The van der Waals surface area contributed by atoms with Gasteiger partial charge < -0.3 is 10.4 Å². The lowest BCUT2D eigenvalue weighted by Gasteiger charge is -2.18. The van der Waals surface area contributed by atoms with Crippen molar-refractivity contribution in [3.05, 3.63) is 69.7 Å². The molecule has 0 spiro atoms. The lowest BCUT2D eigenvalue weighted by atomic mass is 10.0. The molecule has 4 nitrogen and oxygen atoms in total. The highest BCUT2D eigenvalue weighted by molar-refractivity contribution is 9.10. The van der Waals surface area contributed by atoms with Crippen molar-refractivity contribution >= 4 is 27.8 Å². The summed E-state index contributed by atoms with van der Waals surface area (Å²) >= 11 is 3.47. The fourth-order valence-corrected chi connectivity index (χ4v) is 3.20. The Morgan fingerprint density at radius 3 is 2.42 bits per heavy atom. The van der Waals surface area contributed by atoms with Gasteiger partial charge in [0.15, 0.2) is 0 Å². The topological polar surface area (TPSA) is 66.4 Å². The molecular formula is C19H18BrNO3. The van der Waals surface area contributed by atoms with Crippen molar-refractivity contribution in [3.8, 4) is 0 Å². The quantitative estimate of drug-likeness (QED) is 0.789. The highest BCUT2D eigenvalue weighted by atomic mass is 79.9. The van der Waals surface area contributed by atoms with Gasteiger partial charge in [0, 0.05) is 10.9 Å². The van der Waals surface area contributed by atoms with Crippen molar-refractivity contribution in [1.82, 2.24) is 5.32 Å². The molecule has 1 saturated carbocycles.